The fraction of sp³-hybridized carbons (Fsp3) is 0.750. The number of nitrogens with one attached hydrogen (secondary N) is 2. The topological polar surface area (TPSA) is 73.8 Å². The summed E-state index contributed by atoms with van der Waals surface area (Å²) in [5, 5.41) is 23.1. The maximum atomic E-state index is 8.57. The summed E-state index contributed by atoms with van der Waals surface area (Å²) in [6.07, 6.45) is 1.28. The summed E-state index contributed by atoms with van der Waals surface area (Å²) in [6.45, 7) is 4.97. The molecule has 0 unspecified atom stereocenters. The standard InChI is InChI=1S/C8H18N2O3/c1-2-13-7-8(9-3-5-11)10-4-6-12/h2,8-12H,1,3-7H2. The van der Waals surface area contributed by atoms with Crippen LogP contribution in [0.1, 0.15) is 0 Å². The maximum absolute atomic E-state index is 8.57. The minimum Gasteiger partial charge on any atom is -0.499 e. The van der Waals surface area contributed by atoms with Gasteiger partial charge in [0.15, 0.2) is 0 Å². The van der Waals surface area contributed by atoms with Crippen LogP contribution in [0.25, 0.3) is 0 Å². The molecule has 13 heavy (non-hydrogen) atoms. The Morgan fingerprint density at radius 3 is 2.15 bits per heavy atom. The summed E-state index contributed by atoms with van der Waals surface area (Å²) in [4.78, 5) is 0. The molecule has 0 aromatic rings. The molecule has 0 aliphatic rings. The Balaban J connectivity index is 3.52. The van der Waals surface area contributed by atoms with E-state index < -0.39 is 0 Å². The summed E-state index contributed by atoms with van der Waals surface area (Å²) in [6, 6.07) is 0. The van der Waals surface area contributed by atoms with Crippen molar-refractivity contribution >= 4 is 0 Å². The van der Waals surface area contributed by atoms with Gasteiger partial charge in [-0.05, 0) is 0 Å². The molecule has 0 atom stereocenters. The van der Waals surface area contributed by atoms with Crippen molar-refractivity contribution in [2.24, 2.45) is 0 Å². The van der Waals surface area contributed by atoms with Crippen LogP contribution in [0.3, 0.4) is 0 Å². The second-order valence-electron chi connectivity index (χ2n) is 2.41. The Bertz CT molecular complexity index is 114. The van der Waals surface area contributed by atoms with Crippen LogP contribution in [0, 0.1) is 0 Å². The van der Waals surface area contributed by atoms with Gasteiger partial charge in [-0.15, -0.1) is 0 Å². The molecule has 0 spiro atoms. The van der Waals surface area contributed by atoms with Crippen molar-refractivity contribution in [1.82, 2.24) is 10.6 Å². The van der Waals surface area contributed by atoms with E-state index >= 15 is 0 Å². The zero-order chi connectivity index (χ0) is 9.94. The minimum absolute atomic E-state index is 0.0719. The molecule has 0 aromatic carbocycles. The molecule has 4 N–H and O–H groups in total. The lowest BCUT2D eigenvalue weighted by molar-refractivity contribution is 0.175. The Morgan fingerprint density at radius 1 is 1.23 bits per heavy atom. The van der Waals surface area contributed by atoms with Gasteiger partial charge in [0, 0.05) is 13.1 Å². The predicted octanol–water partition coefficient (Wildman–Crippen LogP) is -1.36. The van der Waals surface area contributed by atoms with Crippen LogP contribution < -0.4 is 10.6 Å². The zero-order valence-electron chi connectivity index (χ0n) is 7.70. The molecule has 0 aliphatic heterocycles. The number of hydrogen-bond acceptors (Lipinski definition) is 5. The second kappa shape index (κ2) is 9.47. The fourth-order valence-electron chi connectivity index (χ4n) is 0.832. The molecule has 0 saturated carbocycles. The van der Waals surface area contributed by atoms with Crippen LogP contribution in [-0.4, -0.2) is 49.3 Å². The Labute approximate surface area is 78.4 Å². The van der Waals surface area contributed by atoms with Crippen molar-refractivity contribution in [3.63, 3.8) is 0 Å². The molecule has 0 bridgehead atoms. The van der Waals surface area contributed by atoms with Crippen LogP contribution in [0.4, 0.5) is 0 Å². The van der Waals surface area contributed by atoms with E-state index in [0.717, 1.165) is 0 Å². The van der Waals surface area contributed by atoms with Gasteiger partial charge in [-0.3, -0.25) is 10.6 Å². The van der Waals surface area contributed by atoms with Crippen molar-refractivity contribution in [2.75, 3.05) is 32.9 Å². The van der Waals surface area contributed by atoms with E-state index in [1.54, 1.807) is 0 Å². The zero-order valence-corrected chi connectivity index (χ0v) is 7.70. The first kappa shape index (κ1) is 12.4. The van der Waals surface area contributed by atoms with Crippen LogP contribution in [0.2, 0.25) is 0 Å². The largest absolute Gasteiger partial charge is 0.499 e. The maximum Gasteiger partial charge on any atom is 0.116 e. The van der Waals surface area contributed by atoms with E-state index in [1.165, 1.54) is 6.26 Å². The third kappa shape index (κ3) is 7.73. The molecular formula is C8H18N2O3. The highest BCUT2D eigenvalue weighted by Crippen LogP contribution is 1.81. The Hall–Kier alpha value is -0.620. The molecule has 78 valence electrons. The van der Waals surface area contributed by atoms with Gasteiger partial charge < -0.3 is 14.9 Å². The predicted molar refractivity (Wildman–Crippen MR) is 50.1 cm³/mol. The van der Waals surface area contributed by atoms with Gasteiger partial charge in [0.2, 0.25) is 0 Å². The molecule has 0 radical (unpaired) electrons. The lowest BCUT2D eigenvalue weighted by atomic mass is 10.4. The van der Waals surface area contributed by atoms with E-state index in [1.807, 2.05) is 0 Å². The molecule has 0 aliphatic carbocycles. The third-order valence-electron chi connectivity index (χ3n) is 1.39. The van der Waals surface area contributed by atoms with E-state index in [0.29, 0.717) is 19.7 Å². The second-order valence-corrected chi connectivity index (χ2v) is 2.41. The quantitative estimate of drug-likeness (QED) is 0.267. The molecule has 5 nitrogen and oxygen atoms in total. The van der Waals surface area contributed by atoms with Crippen molar-refractivity contribution in [1.29, 1.82) is 0 Å². The number of aliphatic hydroxyl groups is 2. The van der Waals surface area contributed by atoms with Gasteiger partial charge >= 0.3 is 0 Å². The van der Waals surface area contributed by atoms with Gasteiger partial charge in [-0.2, -0.15) is 0 Å². The SMILES string of the molecule is C=COCC(NCCO)NCCO. The van der Waals surface area contributed by atoms with Gasteiger partial charge in [-0.25, -0.2) is 0 Å². The summed E-state index contributed by atoms with van der Waals surface area (Å²) < 4.78 is 4.97. The molecule has 0 rings (SSSR count). The van der Waals surface area contributed by atoms with Crippen LogP contribution in [-0.2, 0) is 4.74 Å². The number of rotatable bonds is 9. The average Bonchev–Trinajstić information content (AvgIpc) is 2.17. The summed E-state index contributed by atoms with van der Waals surface area (Å²) >= 11 is 0. The molecule has 0 saturated heterocycles. The summed E-state index contributed by atoms with van der Waals surface area (Å²) in [7, 11) is 0. The highest BCUT2D eigenvalue weighted by molar-refractivity contribution is 4.64. The van der Waals surface area contributed by atoms with E-state index in [2.05, 4.69) is 17.2 Å². The lowest BCUT2D eigenvalue weighted by Gasteiger charge is -2.18. The average molecular weight is 190 g/mol. The van der Waals surface area contributed by atoms with Crippen LogP contribution >= 0.6 is 0 Å². The smallest absolute Gasteiger partial charge is 0.116 e. The monoisotopic (exact) mass is 190 g/mol. The highest BCUT2D eigenvalue weighted by atomic mass is 16.5. The van der Waals surface area contributed by atoms with E-state index in [-0.39, 0.29) is 19.4 Å². The first-order valence-corrected chi connectivity index (χ1v) is 4.26. The number of ether oxygens (including phenoxy) is 1. The molecule has 0 heterocycles. The normalized spacial score (nSPS) is 10.4. The third-order valence-corrected chi connectivity index (χ3v) is 1.39. The highest BCUT2D eigenvalue weighted by Gasteiger charge is 2.05. The first-order valence-electron chi connectivity index (χ1n) is 4.26. The summed E-state index contributed by atoms with van der Waals surface area (Å²) in [5.74, 6) is 0. The molecule has 0 aromatic heterocycles. The van der Waals surface area contributed by atoms with Gasteiger partial charge in [0.05, 0.1) is 25.6 Å². The van der Waals surface area contributed by atoms with Crippen LogP contribution in [0.5, 0.6) is 0 Å². The van der Waals surface area contributed by atoms with Gasteiger partial charge in [0.1, 0.15) is 6.61 Å². The Kier molecular flexibility index (Phi) is 9.02. The number of aliphatic hydroxyl groups excluding tert-OH is 2. The molecular weight excluding hydrogens is 172 g/mol. The minimum atomic E-state index is -0.0719. The van der Waals surface area contributed by atoms with Gasteiger partial charge in [-0.1, -0.05) is 6.58 Å². The van der Waals surface area contributed by atoms with Crippen molar-refractivity contribution in [3.05, 3.63) is 12.8 Å². The summed E-state index contributed by atoms with van der Waals surface area (Å²) in [5.41, 5.74) is 0. The molecule has 5 heteroatoms. The van der Waals surface area contributed by atoms with E-state index in [9.17, 15) is 0 Å². The number of hydrogen-bond donors (Lipinski definition) is 4. The molecule has 0 fully saturated rings. The Morgan fingerprint density at radius 2 is 1.77 bits per heavy atom. The van der Waals surface area contributed by atoms with Crippen molar-refractivity contribution in [3.8, 4) is 0 Å². The first-order chi connectivity index (χ1) is 6.35. The van der Waals surface area contributed by atoms with E-state index in [4.69, 9.17) is 14.9 Å². The lowest BCUT2D eigenvalue weighted by Crippen LogP contribution is -2.47. The van der Waals surface area contributed by atoms with Crippen molar-refractivity contribution in [2.45, 2.75) is 6.17 Å². The van der Waals surface area contributed by atoms with Crippen LogP contribution in [0.15, 0.2) is 12.8 Å². The molecule has 0 amide bonds. The van der Waals surface area contributed by atoms with Gasteiger partial charge in [0.25, 0.3) is 0 Å². The van der Waals surface area contributed by atoms with Crippen molar-refractivity contribution < 1.29 is 14.9 Å². The fourth-order valence-corrected chi connectivity index (χ4v) is 0.832.